The molecule has 1 saturated heterocycles. The molecule has 1 aliphatic rings. The highest BCUT2D eigenvalue weighted by Gasteiger charge is 2.14. The van der Waals surface area contributed by atoms with E-state index < -0.39 is 0 Å². The number of ether oxygens (including phenoxy) is 1. The first kappa shape index (κ1) is 24.6. The third kappa shape index (κ3) is 5.29. The molecule has 1 N–H and O–H groups in total. The minimum absolute atomic E-state index is 0.000514. The van der Waals surface area contributed by atoms with Crippen LogP contribution in [0.1, 0.15) is 23.2 Å². The van der Waals surface area contributed by atoms with Crippen molar-refractivity contribution in [3.8, 4) is 28.3 Å². The van der Waals surface area contributed by atoms with E-state index in [9.17, 15) is 4.79 Å². The van der Waals surface area contributed by atoms with E-state index in [-0.39, 0.29) is 12.4 Å². The van der Waals surface area contributed by atoms with Crippen molar-refractivity contribution in [2.45, 2.75) is 12.8 Å². The van der Waals surface area contributed by atoms with Gasteiger partial charge in [0.25, 0.3) is 0 Å². The number of anilines is 2. The Hall–Kier alpha value is -4.78. The largest absolute Gasteiger partial charge is 0.485 e. The lowest BCUT2D eigenvalue weighted by Gasteiger charge is -2.17. The molecule has 0 aliphatic carbocycles. The van der Waals surface area contributed by atoms with E-state index in [4.69, 9.17) is 14.7 Å². The molecule has 1 fully saturated rings. The van der Waals surface area contributed by atoms with Gasteiger partial charge in [-0.15, -0.1) is 0 Å². The zero-order valence-electron chi connectivity index (χ0n) is 21.8. The van der Waals surface area contributed by atoms with Crippen LogP contribution >= 0.6 is 0 Å². The highest BCUT2D eigenvalue weighted by molar-refractivity contribution is 5.97. The number of benzene rings is 3. The smallest absolute Gasteiger partial charge is 0.200 e. The molecule has 0 atom stereocenters. The van der Waals surface area contributed by atoms with Gasteiger partial charge in [0, 0.05) is 54.7 Å². The molecule has 0 spiro atoms. The lowest BCUT2D eigenvalue weighted by Crippen LogP contribution is -2.17. The molecule has 3 aromatic carbocycles. The molecular weight excluding hydrogens is 486 g/mol. The van der Waals surface area contributed by atoms with Crippen LogP contribution < -0.4 is 15.0 Å². The molecule has 2 aromatic heterocycles. The van der Waals surface area contributed by atoms with Crippen LogP contribution in [0.3, 0.4) is 0 Å². The molecule has 6 rings (SSSR count). The number of ketones is 1. The monoisotopic (exact) mass is 515 g/mol. The van der Waals surface area contributed by atoms with Gasteiger partial charge >= 0.3 is 0 Å². The maximum Gasteiger partial charge on any atom is 0.200 e. The van der Waals surface area contributed by atoms with Crippen LogP contribution in [0.5, 0.6) is 5.75 Å². The van der Waals surface area contributed by atoms with Crippen molar-refractivity contribution in [3.63, 3.8) is 0 Å². The minimum atomic E-state index is -0.0353. The molecule has 0 radical (unpaired) electrons. The highest BCUT2D eigenvalue weighted by atomic mass is 16.5. The van der Waals surface area contributed by atoms with Crippen molar-refractivity contribution in [2.24, 2.45) is 0 Å². The van der Waals surface area contributed by atoms with Gasteiger partial charge in [-0.05, 0) is 84.6 Å². The molecule has 1 aliphatic heterocycles. The van der Waals surface area contributed by atoms with Gasteiger partial charge in [0.15, 0.2) is 18.2 Å². The van der Waals surface area contributed by atoms with Gasteiger partial charge in [-0.2, -0.15) is 0 Å². The Labute approximate surface area is 227 Å². The summed E-state index contributed by atoms with van der Waals surface area (Å²) < 4.78 is 5.81. The molecule has 194 valence electrons. The third-order valence-electron chi connectivity index (χ3n) is 7.07. The van der Waals surface area contributed by atoms with Gasteiger partial charge in [-0.25, -0.2) is 9.97 Å². The van der Waals surface area contributed by atoms with Crippen molar-refractivity contribution < 1.29 is 9.53 Å². The third-order valence-corrected chi connectivity index (χ3v) is 7.07. The summed E-state index contributed by atoms with van der Waals surface area (Å²) in [5.74, 6) is 2.01. The first-order valence-corrected chi connectivity index (χ1v) is 13.2. The number of nitrogens with zero attached hydrogens (tertiary/aromatic N) is 4. The van der Waals surface area contributed by atoms with Crippen molar-refractivity contribution in [1.29, 1.82) is 0 Å². The summed E-state index contributed by atoms with van der Waals surface area (Å²) in [7, 11) is 1.86. The fourth-order valence-corrected chi connectivity index (χ4v) is 4.93. The van der Waals surface area contributed by atoms with E-state index >= 15 is 0 Å². The number of aromatic nitrogens is 3. The first-order valence-electron chi connectivity index (χ1n) is 13.2. The number of nitrogens with one attached hydrogen (secondary N) is 1. The van der Waals surface area contributed by atoms with Crippen molar-refractivity contribution >= 4 is 28.2 Å². The average molecular weight is 516 g/mol. The van der Waals surface area contributed by atoms with Gasteiger partial charge in [0.1, 0.15) is 11.6 Å². The van der Waals surface area contributed by atoms with E-state index in [2.05, 4.69) is 21.3 Å². The summed E-state index contributed by atoms with van der Waals surface area (Å²) >= 11 is 0. The maximum absolute atomic E-state index is 12.7. The number of hydrogen-bond acceptors (Lipinski definition) is 7. The Morgan fingerprint density at radius 2 is 1.67 bits per heavy atom. The Kier molecular flexibility index (Phi) is 6.87. The van der Waals surface area contributed by atoms with Crippen molar-refractivity contribution in [3.05, 3.63) is 96.8 Å². The second kappa shape index (κ2) is 10.9. The first-order chi connectivity index (χ1) is 19.2. The molecule has 0 amide bonds. The lowest BCUT2D eigenvalue weighted by atomic mass is 10.0. The molecular formula is C32H29N5O2. The molecule has 39 heavy (non-hydrogen) atoms. The van der Waals surface area contributed by atoms with Crippen LogP contribution in [0.2, 0.25) is 0 Å². The Morgan fingerprint density at radius 3 is 2.38 bits per heavy atom. The molecule has 5 aromatic rings. The Balaban J connectivity index is 1.14. The van der Waals surface area contributed by atoms with E-state index in [0.717, 1.165) is 46.5 Å². The number of fused-ring (bicyclic) bond motifs is 1. The van der Waals surface area contributed by atoms with Crippen molar-refractivity contribution in [2.75, 3.05) is 37.0 Å². The summed E-state index contributed by atoms with van der Waals surface area (Å²) in [6, 6.07) is 25.6. The molecule has 3 heterocycles. The summed E-state index contributed by atoms with van der Waals surface area (Å²) in [4.78, 5) is 28.7. The van der Waals surface area contributed by atoms with Crippen LogP contribution in [-0.2, 0) is 0 Å². The zero-order valence-corrected chi connectivity index (χ0v) is 21.8. The quantitative estimate of drug-likeness (QED) is 0.244. The molecule has 7 heteroatoms. The predicted octanol–water partition coefficient (Wildman–Crippen LogP) is 6.26. The minimum Gasteiger partial charge on any atom is -0.485 e. The zero-order chi connectivity index (χ0) is 26.6. The number of carbonyl (C=O) groups excluding carboxylic acids is 1. The normalized spacial score (nSPS) is 13.0. The van der Waals surface area contributed by atoms with E-state index in [1.54, 1.807) is 12.4 Å². The SMILES string of the molecule is CNc1nc(-c2cccnc2)nc2ccc(-c3ccc(OCC(=O)c4ccc(N5CCCC5)cc4)cc3)cc12. The van der Waals surface area contributed by atoms with Crippen LogP contribution in [0.4, 0.5) is 11.5 Å². The molecule has 7 nitrogen and oxygen atoms in total. The summed E-state index contributed by atoms with van der Waals surface area (Å²) in [6.07, 6.45) is 5.95. The van der Waals surface area contributed by atoms with Gasteiger partial charge in [0.2, 0.25) is 0 Å². The second-order valence-electron chi connectivity index (χ2n) is 9.60. The molecule has 0 saturated carbocycles. The number of hydrogen-bond donors (Lipinski definition) is 1. The van der Waals surface area contributed by atoms with E-state index in [1.807, 2.05) is 79.8 Å². The summed E-state index contributed by atoms with van der Waals surface area (Å²) in [5, 5.41) is 4.13. The van der Waals surface area contributed by atoms with Gasteiger partial charge < -0.3 is 15.0 Å². The van der Waals surface area contributed by atoms with Gasteiger partial charge in [-0.1, -0.05) is 18.2 Å². The molecule has 0 unspecified atom stereocenters. The summed E-state index contributed by atoms with van der Waals surface area (Å²) in [5.41, 5.74) is 5.64. The maximum atomic E-state index is 12.7. The Bertz CT molecular complexity index is 1600. The van der Waals surface area contributed by atoms with Gasteiger partial charge in [-0.3, -0.25) is 9.78 Å². The van der Waals surface area contributed by atoms with Crippen molar-refractivity contribution in [1.82, 2.24) is 15.0 Å². The highest BCUT2D eigenvalue weighted by Crippen LogP contribution is 2.30. The second-order valence-corrected chi connectivity index (χ2v) is 9.60. The van der Waals surface area contributed by atoms with Crippen LogP contribution in [-0.4, -0.2) is 47.5 Å². The average Bonchev–Trinajstić information content (AvgIpc) is 3.55. The predicted molar refractivity (Wildman–Crippen MR) is 155 cm³/mol. The Morgan fingerprint density at radius 1 is 0.897 bits per heavy atom. The van der Waals surface area contributed by atoms with E-state index in [1.165, 1.54) is 18.5 Å². The fourth-order valence-electron chi connectivity index (χ4n) is 4.93. The number of Topliss-reactive ketones (excluding diaryl/α,β-unsaturated/α-hetero) is 1. The van der Waals surface area contributed by atoms with Gasteiger partial charge in [0.05, 0.1) is 5.52 Å². The van der Waals surface area contributed by atoms with Crippen LogP contribution in [0.25, 0.3) is 33.4 Å². The van der Waals surface area contributed by atoms with Crippen LogP contribution in [0.15, 0.2) is 91.3 Å². The van der Waals surface area contributed by atoms with E-state index in [0.29, 0.717) is 17.1 Å². The number of carbonyl (C=O) groups is 1. The van der Waals surface area contributed by atoms with Crippen LogP contribution in [0, 0.1) is 0 Å². The fraction of sp³-hybridized carbons (Fsp3) is 0.188. The topological polar surface area (TPSA) is 80.2 Å². The number of pyridine rings is 1. The lowest BCUT2D eigenvalue weighted by molar-refractivity contribution is 0.0921. The standard InChI is InChI=1S/C32H29N5O2/c1-33-32-28-19-24(10-15-29(28)35-31(36-32)25-5-4-16-34-20-25)22-8-13-27(14-9-22)39-21-30(38)23-6-11-26(12-7-23)37-17-2-3-18-37/h4-16,19-20H,2-3,17-18,21H2,1H3,(H,33,35,36). The number of rotatable bonds is 8. The molecule has 0 bridgehead atoms. The summed E-state index contributed by atoms with van der Waals surface area (Å²) in [6.45, 7) is 2.17.